The first-order valence-corrected chi connectivity index (χ1v) is 3.19. The van der Waals surface area contributed by atoms with Crippen LogP contribution in [-0.4, -0.2) is 17.0 Å². The number of hydrogen-bond acceptors (Lipinski definition) is 2. The number of allylic oxidation sites excluding steroid dienone is 1. The maximum absolute atomic E-state index is 10.7. The smallest absolute Gasteiger partial charge is 0.183 e. The largest absolute Gasteiger partial charge is 0.385 e. The molecule has 1 aliphatic rings. The second kappa shape index (κ2) is 2.78. The highest BCUT2D eigenvalue weighted by molar-refractivity contribution is 5.93. The number of ketones is 1. The van der Waals surface area contributed by atoms with Crippen LogP contribution in [0, 0.1) is 0 Å². The lowest BCUT2D eigenvalue weighted by Gasteiger charge is -2.00. The Morgan fingerprint density at radius 2 is 2.44 bits per heavy atom. The van der Waals surface area contributed by atoms with E-state index in [2.05, 4.69) is 0 Å². The summed E-state index contributed by atoms with van der Waals surface area (Å²) in [5.74, 6) is -0.146. The van der Waals surface area contributed by atoms with Gasteiger partial charge in [0.1, 0.15) is 6.10 Å². The van der Waals surface area contributed by atoms with E-state index < -0.39 is 6.10 Å². The Hall–Kier alpha value is -0.630. The monoisotopic (exact) mass is 126 g/mol. The molecule has 0 heterocycles. The average molecular weight is 126 g/mol. The van der Waals surface area contributed by atoms with Crippen LogP contribution in [0.4, 0.5) is 0 Å². The van der Waals surface area contributed by atoms with Crippen LogP contribution in [0.5, 0.6) is 0 Å². The van der Waals surface area contributed by atoms with E-state index in [1.807, 2.05) is 6.08 Å². The van der Waals surface area contributed by atoms with Crippen molar-refractivity contribution in [2.45, 2.75) is 25.4 Å². The minimum absolute atomic E-state index is 0.146. The zero-order valence-electron chi connectivity index (χ0n) is 5.21. The van der Waals surface area contributed by atoms with E-state index >= 15 is 0 Å². The fourth-order valence-corrected chi connectivity index (χ4v) is 0.882. The van der Waals surface area contributed by atoms with E-state index in [9.17, 15) is 4.79 Å². The van der Waals surface area contributed by atoms with Crippen molar-refractivity contribution in [3.05, 3.63) is 12.2 Å². The predicted octanol–water partition coefficient (Wildman–Crippen LogP) is 0.656. The van der Waals surface area contributed by atoms with Crippen LogP contribution in [0.3, 0.4) is 0 Å². The molecule has 1 N–H and O–H groups in total. The van der Waals surface area contributed by atoms with E-state index in [0.717, 1.165) is 12.8 Å². The van der Waals surface area contributed by atoms with E-state index in [4.69, 9.17) is 5.11 Å². The van der Waals surface area contributed by atoms with Crippen LogP contribution in [0.1, 0.15) is 19.3 Å². The molecule has 9 heavy (non-hydrogen) atoms. The second-order valence-electron chi connectivity index (χ2n) is 2.25. The average Bonchev–Trinajstić information content (AvgIpc) is 1.99. The van der Waals surface area contributed by atoms with Gasteiger partial charge in [0.25, 0.3) is 0 Å². The molecule has 1 rings (SSSR count). The molecular weight excluding hydrogens is 116 g/mol. The van der Waals surface area contributed by atoms with Crippen molar-refractivity contribution in [1.29, 1.82) is 0 Å². The zero-order valence-corrected chi connectivity index (χ0v) is 5.21. The predicted molar refractivity (Wildman–Crippen MR) is 34.0 cm³/mol. The highest BCUT2D eigenvalue weighted by Gasteiger charge is 2.12. The third kappa shape index (κ3) is 1.64. The molecule has 50 valence electrons. The molecule has 0 radical (unpaired) electrons. The van der Waals surface area contributed by atoms with E-state index in [1.54, 1.807) is 0 Å². The van der Waals surface area contributed by atoms with Gasteiger partial charge in [0, 0.05) is 0 Å². The molecule has 0 aromatic heterocycles. The Bertz CT molecular complexity index is 138. The number of carbonyl (C=O) groups is 1. The van der Waals surface area contributed by atoms with Crippen LogP contribution in [0.2, 0.25) is 0 Å². The van der Waals surface area contributed by atoms with Crippen molar-refractivity contribution in [1.82, 2.24) is 0 Å². The maximum Gasteiger partial charge on any atom is 0.183 e. The Morgan fingerprint density at radius 3 is 3.22 bits per heavy atom. The van der Waals surface area contributed by atoms with E-state index in [0.29, 0.717) is 6.42 Å². The van der Waals surface area contributed by atoms with Gasteiger partial charge in [-0.1, -0.05) is 6.08 Å². The van der Waals surface area contributed by atoms with Crippen molar-refractivity contribution >= 4 is 5.78 Å². The summed E-state index contributed by atoms with van der Waals surface area (Å²) in [6.07, 6.45) is 5.01. The summed E-state index contributed by atoms with van der Waals surface area (Å²) >= 11 is 0. The van der Waals surface area contributed by atoms with Gasteiger partial charge in [0.05, 0.1) is 0 Å². The van der Waals surface area contributed by atoms with Crippen LogP contribution in [0.25, 0.3) is 0 Å². The van der Waals surface area contributed by atoms with Crippen LogP contribution in [-0.2, 0) is 4.79 Å². The minimum atomic E-state index is -0.733. The Kier molecular flexibility index (Phi) is 2.01. The lowest BCUT2D eigenvalue weighted by atomic mass is 10.1. The van der Waals surface area contributed by atoms with E-state index in [-0.39, 0.29) is 5.78 Å². The van der Waals surface area contributed by atoms with E-state index in [1.165, 1.54) is 6.08 Å². The first-order chi connectivity index (χ1) is 4.30. The minimum Gasteiger partial charge on any atom is -0.385 e. The molecule has 0 bridgehead atoms. The number of carbonyl (C=O) groups excluding carboxylic acids is 1. The van der Waals surface area contributed by atoms with Gasteiger partial charge in [-0.2, -0.15) is 0 Å². The summed E-state index contributed by atoms with van der Waals surface area (Å²) in [7, 11) is 0. The third-order valence-electron chi connectivity index (χ3n) is 1.46. The van der Waals surface area contributed by atoms with Crippen molar-refractivity contribution in [2.24, 2.45) is 0 Å². The van der Waals surface area contributed by atoms with Crippen molar-refractivity contribution in [2.75, 3.05) is 0 Å². The van der Waals surface area contributed by atoms with Crippen molar-refractivity contribution < 1.29 is 9.90 Å². The summed E-state index contributed by atoms with van der Waals surface area (Å²) in [4.78, 5) is 10.7. The standard InChI is InChI=1S/C7H10O2/c8-6-4-2-1-3-5-7(6)9/h2,4,7,9H,1,3,5H2. The fraction of sp³-hybridized carbons (Fsp3) is 0.571. The molecule has 1 aliphatic carbocycles. The van der Waals surface area contributed by atoms with Crippen LogP contribution >= 0.6 is 0 Å². The lowest BCUT2D eigenvalue weighted by molar-refractivity contribution is -0.122. The van der Waals surface area contributed by atoms with Gasteiger partial charge in [0.2, 0.25) is 0 Å². The molecule has 1 atom stereocenters. The number of aliphatic hydroxyl groups excluding tert-OH is 1. The lowest BCUT2D eigenvalue weighted by Crippen LogP contribution is -2.15. The third-order valence-corrected chi connectivity index (χ3v) is 1.46. The Labute approximate surface area is 54.2 Å². The summed E-state index contributed by atoms with van der Waals surface area (Å²) in [5.41, 5.74) is 0. The zero-order chi connectivity index (χ0) is 6.69. The molecule has 0 aromatic carbocycles. The van der Waals surface area contributed by atoms with Gasteiger partial charge in [-0.05, 0) is 25.3 Å². The van der Waals surface area contributed by atoms with Crippen molar-refractivity contribution in [3.8, 4) is 0 Å². The van der Waals surface area contributed by atoms with Crippen LogP contribution < -0.4 is 0 Å². The first kappa shape index (κ1) is 6.49. The quantitative estimate of drug-likeness (QED) is 0.517. The molecule has 2 heteroatoms. The summed E-state index contributed by atoms with van der Waals surface area (Å²) < 4.78 is 0. The molecule has 0 spiro atoms. The summed E-state index contributed by atoms with van der Waals surface area (Å²) in [5, 5.41) is 8.96. The SMILES string of the molecule is O=C1C=CCCCC1O. The molecule has 2 nitrogen and oxygen atoms in total. The Morgan fingerprint density at radius 1 is 1.67 bits per heavy atom. The summed E-state index contributed by atoms with van der Waals surface area (Å²) in [6, 6.07) is 0. The molecule has 1 unspecified atom stereocenters. The van der Waals surface area contributed by atoms with Crippen molar-refractivity contribution in [3.63, 3.8) is 0 Å². The van der Waals surface area contributed by atoms with Gasteiger partial charge in [-0.3, -0.25) is 4.79 Å². The molecule has 0 fully saturated rings. The summed E-state index contributed by atoms with van der Waals surface area (Å²) in [6.45, 7) is 0. The van der Waals surface area contributed by atoms with Gasteiger partial charge >= 0.3 is 0 Å². The number of rotatable bonds is 0. The number of aliphatic hydroxyl groups is 1. The fourth-order valence-electron chi connectivity index (χ4n) is 0.882. The molecule has 0 amide bonds. The topological polar surface area (TPSA) is 37.3 Å². The van der Waals surface area contributed by atoms with Gasteiger partial charge in [-0.25, -0.2) is 0 Å². The Balaban J connectivity index is 2.57. The highest BCUT2D eigenvalue weighted by atomic mass is 16.3. The molecule has 0 aliphatic heterocycles. The first-order valence-electron chi connectivity index (χ1n) is 3.19. The van der Waals surface area contributed by atoms with Crippen LogP contribution in [0.15, 0.2) is 12.2 Å². The molecule has 0 saturated heterocycles. The van der Waals surface area contributed by atoms with Gasteiger partial charge in [-0.15, -0.1) is 0 Å². The molecule has 0 aromatic rings. The van der Waals surface area contributed by atoms with Gasteiger partial charge in [0.15, 0.2) is 5.78 Å². The maximum atomic E-state index is 10.7. The second-order valence-corrected chi connectivity index (χ2v) is 2.25. The highest BCUT2D eigenvalue weighted by Crippen LogP contribution is 2.07. The normalized spacial score (nSPS) is 28.1. The molecule has 0 saturated carbocycles. The molecular formula is C7H10O2. The number of hydrogen-bond donors (Lipinski definition) is 1. The van der Waals surface area contributed by atoms with Gasteiger partial charge < -0.3 is 5.11 Å².